The highest BCUT2D eigenvalue weighted by Gasteiger charge is 2.57. The number of cyclic esters (lactones) is 1. The predicted molar refractivity (Wildman–Crippen MR) is 107 cm³/mol. The van der Waals surface area contributed by atoms with Gasteiger partial charge in [0.05, 0.1) is 18.3 Å². The van der Waals surface area contributed by atoms with E-state index in [0.29, 0.717) is 18.4 Å². The highest BCUT2D eigenvalue weighted by Crippen LogP contribution is 2.61. The van der Waals surface area contributed by atoms with Crippen molar-refractivity contribution in [3.05, 3.63) is 23.5 Å². The summed E-state index contributed by atoms with van der Waals surface area (Å²) in [5.74, 6) is 0.0490. The van der Waals surface area contributed by atoms with Gasteiger partial charge in [-0.15, -0.1) is 0 Å². The molecule has 0 aromatic rings. The molecule has 2 saturated carbocycles. The second kappa shape index (κ2) is 8.97. The number of carbonyl (C=O) groups excluding carboxylic acids is 1. The first kappa shape index (κ1) is 22.9. The van der Waals surface area contributed by atoms with Crippen LogP contribution in [0.3, 0.4) is 0 Å². The summed E-state index contributed by atoms with van der Waals surface area (Å²) in [4.78, 5) is 11.8. The van der Waals surface area contributed by atoms with E-state index >= 15 is 0 Å². The summed E-state index contributed by atoms with van der Waals surface area (Å²) in [7, 11) is 0. The minimum absolute atomic E-state index is 0.0194. The zero-order valence-corrected chi connectivity index (χ0v) is 17.4. The SMILES string of the molecule is C=C1CC[C@@H]2[C@](C)(CO)[C@H](O)CC[C@@]2(C)[C@@H]1CCC1=C(O)COC1=O.CCO. The fourth-order valence-electron chi connectivity index (χ4n) is 5.69. The van der Waals surface area contributed by atoms with E-state index in [9.17, 15) is 20.1 Å². The lowest BCUT2D eigenvalue weighted by Gasteiger charge is -2.60. The van der Waals surface area contributed by atoms with Crippen LogP contribution in [0.4, 0.5) is 0 Å². The Hall–Kier alpha value is -1.37. The van der Waals surface area contributed by atoms with Crippen LogP contribution < -0.4 is 0 Å². The molecule has 0 aromatic heterocycles. The van der Waals surface area contributed by atoms with Crippen molar-refractivity contribution in [1.29, 1.82) is 0 Å². The normalized spacial score (nSPS) is 37.9. The monoisotopic (exact) mass is 396 g/mol. The number of hydrogen-bond donors (Lipinski definition) is 4. The molecule has 0 unspecified atom stereocenters. The second-order valence-electron chi connectivity index (χ2n) is 8.88. The van der Waals surface area contributed by atoms with Gasteiger partial charge in [0.2, 0.25) is 0 Å². The number of aliphatic hydroxyl groups excluding tert-OH is 4. The molecule has 0 spiro atoms. The number of esters is 1. The van der Waals surface area contributed by atoms with Crippen molar-refractivity contribution in [2.45, 2.75) is 65.4 Å². The molecule has 2 fully saturated rings. The molecule has 0 bridgehead atoms. The van der Waals surface area contributed by atoms with Crippen LogP contribution in [0.2, 0.25) is 0 Å². The van der Waals surface area contributed by atoms with Crippen LogP contribution >= 0.6 is 0 Å². The molecule has 3 rings (SSSR count). The summed E-state index contributed by atoms with van der Waals surface area (Å²) in [5, 5.41) is 38.0. The van der Waals surface area contributed by atoms with E-state index in [-0.39, 0.29) is 42.8 Å². The third-order valence-electron chi connectivity index (χ3n) is 7.31. The first-order valence-corrected chi connectivity index (χ1v) is 10.3. The molecule has 0 amide bonds. The summed E-state index contributed by atoms with van der Waals surface area (Å²) in [6.45, 7) is 10.4. The first-order chi connectivity index (χ1) is 13.2. The quantitative estimate of drug-likeness (QED) is 0.430. The van der Waals surface area contributed by atoms with Gasteiger partial charge >= 0.3 is 5.97 Å². The van der Waals surface area contributed by atoms with Crippen molar-refractivity contribution in [2.24, 2.45) is 22.7 Å². The van der Waals surface area contributed by atoms with Crippen molar-refractivity contribution in [3.8, 4) is 0 Å². The Labute approximate surface area is 167 Å². The van der Waals surface area contributed by atoms with Crippen LogP contribution in [-0.2, 0) is 9.53 Å². The Morgan fingerprint density at radius 3 is 2.43 bits per heavy atom. The Balaban J connectivity index is 0.000000878. The number of allylic oxidation sites excluding steroid dienone is 1. The zero-order valence-electron chi connectivity index (χ0n) is 17.4. The Morgan fingerprint density at radius 2 is 1.89 bits per heavy atom. The first-order valence-electron chi connectivity index (χ1n) is 10.3. The van der Waals surface area contributed by atoms with Gasteiger partial charge in [-0.05, 0) is 62.7 Å². The van der Waals surface area contributed by atoms with E-state index in [1.54, 1.807) is 6.92 Å². The molecule has 0 saturated heterocycles. The average Bonchev–Trinajstić information content (AvgIpc) is 2.97. The van der Waals surface area contributed by atoms with E-state index in [1.165, 1.54) is 5.57 Å². The maximum absolute atomic E-state index is 11.8. The molecular formula is C22H36O6. The fraction of sp³-hybridized carbons (Fsp3) is 0.773. The third-order valence-corrected chi connectivity index (χ3v) is 7.31. The molecule has 4 N–H and O–H groups in total. The van der Waals surface area contributed by atoms with Gasteiger partial charge < -0.3 is 25.2 Å². The molecule has 2 aliphatic carbocycles. The number of aliphatic hydroxyl groups is 4. The number of hydrogen-bond acceptors (Lipinski definition) is 6. The lowest BCUT2D eigenvalue weighted by Crippen LogP contribution is -2.57. The number of carbonyl (C=O) groups is 1. The molecular weight excluding hydrogens is 360 g/mol. The van der Waals surface area contributed by atoms with Gasteiger partial charge in [0.15, 0.2) is 0 Å². The summed E-state index contributed by atoms with van der Waals surface area (Å²) >= 11 is 0. The van der Waals surface area contributed by atoms with E-state index in [0.717, 1.165) is 25.7 Å². The predicted octanol–water partition coefficient (Wildman–Crippen LogP) is 2.88. The van der Waals surface area contributed by atoms with Crippen LogP contribution in [0.1, 0.15) is 59.3 Å². The summed E-state index contributed by atoms with van der Waals surface area (Å²) in [5.41, 5.74) is 1.01. The molecule has 6 nitrogen and oxygen atoms in total. The zero-order chi connectivity index (χ0) is 21.1. The average molecular weight is 397 g/mol. The van der Waals surface area contributed by atoms with Crippen molar-refractivity contribution >= 4 is 5.97 Å². The fourth-order valence-corrected chi connectivity index (χ4v) is 5.69. The van der Waals surface area contributed by atoms with Crippen LogP contribution in [0, 0.1) is 22.7 Å². The topological polar surface area (TPSA) is 107 Å². The molecule has 160 valence electrons. The van der Waals surface area contributed by atoms with E-state index < -0.39 is 17.5 Å². The number of rotatable bonds is 4. The van der Waals surface area contributed by atoms with Crippen LogP contribution in [0.5, 0.6) is 0 Å². The van der Waals surface area contributed by atoms with Gasteiger partial charge in [0, 0.05) is 12.0 Å². The van der Waals surface area contributed by atoms with Gasteiger partial charge in [0.1, 0.15) is 12.4 Å². The Morgan fingerprint density at radius 1 is 1.25 bits per heavy atom. The number of fused-ring (bicyclic) bond motifs is 1. The largest absolute Gasteiger partial charge is 0.508 e. The maximum Gasteiger partial charge on any atom is 0.337 e. The highest BCUT2D eigenvalue weighted by molar-refractivity contribution is 5.91. The molecule has 6 heteroatoms. The highest BCUT2D eigenvalue weighted by atomic mass is 16.5. The number of ether oxygens (including phenoxy) is 1. The van der Waals surface area contributed by atoms with Crippen LogP contribution in [0.25, 0.3) is 0 Å². The summed E-state index contributed by atoms with van der Waals surface area (Å²) in [6, 6.07) is 0. The van der Waals surface area contributed by atoms with Crippen molar-refractivity contribution in [3.63, 3.8) is 0 Å². The minimum Gasteiger partial charge on any atom is -0.508 e. The molecule has 3 aliphatic rings. The molecule has 1 aliphatic heterocycles. The lowest BCUT2D eigenvalue weighted by atomic mass is 9.46. The standard InChI is InChI=1S/C20H30O5.C2H6O/c1-12-4-7-16-19(2,9-8-17(23)20(16,3)11-21)14(12)6-5-13-15(22)10-25-18(13)24;1-2-3/h14,16-17,21-23H,1,4-11H2,2-3H3;3H,2H2,1H3/t14-,16+,17-,19+,20+;/m1./s1. The summed E-state index contributed by atoms with van der Waals surface area (Å²) < 4.78 is 4.89. The van der Waals surface area contributed by atoms with Crippen LogP contribution in [-0.4, -0.2) is 52.3 Å². The molecule has 28 heavy (non-hydrogen) atoms. The smallest absolute Gasteiger partial charge is 0.337 e. The molecule has 0 aromatic carbocycles. The minimum atomic E-state index is -0.500. The van der Waals surface area contributed by atoms with Crippen LogP contribution in [0.15, 0.2) is 23.5 Å². The van der Waals surface area contributed by atoms with E-state index in [4.69, 9.17) is 9.84 Å². The third kappa shape index (κ3) is 4.00. The molecule has 1 heterocycles. The molecule has 5 atom stereocenters. The van der Waals surface area contributed by atoms with Gasteiger partial charge in [-0.1, -0.05) is 26.0 Å². The van der Waals surface area contributed by atoms with Crippen molar-refractivity contribution in [2.75, 3.05) is 19.8 Å². The van der Waals surface area contributed by atoms with Gasteiger partial charge in [0.25, 0.3) is 0 Å². The van der Waals surface area contributed by atoms with E-state index in [1.807, 2.05) is 6.92 Å². The summed E-state index contributed by atoms with van der Waals surface area (Å²) in [6.07, 6.45) is 4.09. The van der Waals surface area contributed by atoms with Crippen molar-refractivity contribution < 1.29 is 30.0 Å². The van der Waals surface area contributed by atoms with Gasteiger partial charge in [-0.3, -0.25) is 0 Å². The molecule has 0 radical (unpaired) electrons. The maximum atomic E-state index is 11.8. The van der Waals surface area contributed by atoms with E-state index in [2.05, 4.69) is 13.5 Å². The Bertz CT molecular complexity index is 627. The second-order valence-corrected chi connectivity index (χ2v) is 8.88. The lowest BCUT2D eigenvalue weighted by molar-refractivity contribution is -0.152. The Kier molecular flexibility index (Phi) is 7.34. The van der Waals surface area contributed by atoms with Crippen molar-refractivity contribution in [1.82, 2.24) is 0 Å². The van der Waals surface area contributed by atoms with Gasteiger partial charge in [-0.2, -0.15) is 0 Å². The van der Waals surface area contributed by atoms with Gasteiger partial charge in [-0.25, -0.2) is 4.79 Å².